The van der Waals surface area contributed by atoms with Crippen molar-refractivity contribution in [1.82, 2.24) is 9.71 Å². The molecule has 4 nitrogen and oxygen atoms in total. The van der Waals surface area contributed by atoms with E-state index in [1.54, 1.807) is 18.2 Å². The zero-order chi connectivity index (χ0) is 15.5. The van der Waals surface area contributed by atoms with E-state index in [1.165, 1.54) is 12.1 Å². The Labute approximate surface area is 127 Å². The summed E-state index contributed by atoms with van der Waals surface area (Å²) in [6.45, 7) is 1.82. The highest BCUT2D eigenvalue weighted by atomic mass is 32.2. The van der Waals surface area contributed by atoms with Crippen LogP contribution in [0.25, 0.3) is 22.0 Å². The zero-order valence-corrected chi connectivity index (χ0v) is 12.5. The van der Waals surface area contributed by atoms with Gasteiger partial charge < -0.3 is 4.98 Å². The van der Waals surface area contributed by atoms with Crippen molar-refractivity contribution in [3.63, 3.8) is 0 Å². The molecule has 0 spiro atoms. The molecule has 22 heavy (non-hydrogen) atoms. The van der Waals surface area contributed by atoms with Gasteiger partial charge in [-0.3, -0.25) is 0 Å². The minimum absolute atomic E-state index is 0.248. The molecule has 2 aromatic carbocycles. The first kappa shape index (κ1) is 13.5. The van der Waals surface area contributed by atoms with Gasteiger partial charge in [-0.25, -0.2) is 17.5 Å². The Morgan fingerprint density at radius 2 is 1.95 bits per heavy atom. The van der Waals surface area contributed by atoms with Crippen LogP contribution in [0.2, 0.25) is 0 Å². The first-order valence-corrected chi connectivity index (χ1v) is 8.37. The van der Waals surface area contributed by atoms with Gasteiger partial charge in [-0.15, -0.1) is 0 Å². The van der Waals surface area contributed by atoms with Crippen LogP contribution in [0.15, 0.2) is 47.5 Å². The lowest BCUT2D eigenvalue weighted by Crippen LogP contribution is -2.17. The third kappa shape index (κ3) is 1.88. The van der Waals surface area contributed by atoms with Crippen LogP contribution in [-0.4, -0.2) is 13.4 Å². The highest BCUT2D eigenvalue weighted by Gasteiger charge is 2.31. The Morgan fingerprint density at radius 3 is 2.77 bits per heavy atom. The topological polar surface area (TPSA) is 62.0 Å². The van der Waals surface area contributed by atoms with E-state index in [0.29, 0.717) is 10.4 Å². The summed E-state index contributed by atoms with van der Waals surface area (Å²) < 4.78 is 39.8. The third-order valence-electron chi connectivity index (χ3n) is 4.05. The van der Waals surface area contributed by atoms with Crippen molar-refractivity contribution in [1.29, 1.82) is 0 Å². The molecule has 0 saturated carbocycles. The molecule has 1 aromatic heterocycles. The van der Waals surface area contributed by atoms with Crippen LogP contribution in [0.3, 0.4) is 0 Å². The zero-order valence-electron chi connectivity index (χ0n) is 11.7. The second-order valence-corrected chi connectivity index (χ2v) is 7.17. The normalized spacial score (nSPS) is 19.5. The van der Waals surface area contributed by atoms with E-state index in [9.17, 15) is 12.8 Å². The predicted octanol–water partition coefficient (Wildman–Crippen LogP) is 3.33. The maximum absolute atomic E-state index is 13.3. The molecule has 0 radical (unpaired) electrons. The summed E-state index contributed by atoms with van der Waals surface area (Å²) in [5.41, 5.74) is 3.31. The van der Waals surface area contributed by atoms with Crippen molar-refractivity contribution < 1.29 is 12.8 Å². The monoisotopic (exact) mass is 316 g/mol. The number of halogens is 1. The van der Waals surface area contributed by atoms with Crippen molar-refractivity contribution in [2.75, 3.05) is 0 Å². The number of H-pyrrole nitrogens is 1. The number of sulfonamides is 1. The highest BCUT2D eigenvalue weighted by molar-refractivity contribution is 7.89. The molecule has 0 amide bonds. The minimum atomic E-state index is -3.40. The first-order valence-electron chi connectivity index (χ1n) is 6.89. The molecule has 2 N–H and O–H groups in total. The Morgan fingerprint density at radius 1 is 1.14 bits per heavy atom. The van der Waals surface area contributed by atoms with E-state index >= 15 is 0 Å². The number of aromatic amines is 1. The van der Waals surface area contributed by atoms with E-state index in [1.807, 2.05) is 19.2 Å². The summed E-state index contributed by atoms with van der Waals surface area (Å²) in [5, 5.41) is 0.905. The number of aromatic nitrogens is 1. The molecule has 0 bridgehead atoms. The lowest BCUT2D eigenvalue weighted by atomic mass is 10.00. The molecule has 0 aliphatic carbocycles. The molecule has 0 fully saturated rings. The van der Waals surface area contributed by atoms with Crippen LogP contribution in [0.5, 0.6) is 0 Å². The van der Waals surface area contributed by atoms with Crippen molar-refractivity contribution in [2.24, 2.45) is 0 Å². The number of fused-ring (bicyclic) bond motifs is 2. The van der Waals surface area contributed by atoms with Crippen LogP contribution in [0.1, 0.15) is 18.5 Å². The summed E-state index contributed by atoms with van der Waals surface area (Å²) in [7, 11) is -3.40. The van der Waals surface area contributed by atoms with Gasteiger partial charge in [0.15, 0.2) is 0 Å². The molecule has 1 aliphatic heterocycles. The summed E-state index contributed by atoms with van der Waals surface area (Å²) in [6, 6.07) is 9.62. The number of rotatable bonds is 1. The third-order valence-corrected chi connectivity index (χ3v) is 5.67. The molecule has 2 heterocycles. The van der Waals surface area contributed by atoms with E-state index < -0.39 is 10.0 Å². The fourth-order valence-electron chi connectivity index (χ4n) is 3.00. The molecule has 3 aromatic rings. The number of nitrogens with one attached hydrogen (secondary N) is 2. The Balaban J connectivity index is 1.92. The molecule has 4 rings (SSSR count). The van der Waals surface area contributed by atoms with Crippen molar-refractivity contribution in [3.8, 4) is 11.1 Å². The molecule has 1 aliphatic rings. The maximum Gasteiger partial charge on any atom is 0.241 e. The van der Waals surface area contributed by atoms with Gasteiger partial charge in [-0.1, -0.05) is 6.07 Å². The largest absolute Gasteiger partial charge is 0.360 e. The SMILES string of the molecule is C[C@@H]1NS(=O)(=O)c2ccc(-c3c[nH]c4cc(F)ccc34)cc21. The Kier molecular flexibility index (Phi) is 2.70. The molecule has 6 heteroatoms. The van der Waals surface area contributed by atoms with Crippen molar-refractivity contribution >= 4 is 20.9 Å². The average molecular weight is 316 g/mol. The lowest BCUT2D eigenvalue weighted by Gasteiger charge is -2.05. The summed E-state index contributed by atoms with van der Waals surface area (Å²) in [5.74, 6) is -0.293. The lowest BCUT2D eigenvalue weighted by molar-refractivity contribution is 0.582. The van der Waals surface area contributed by atoms with Gasteiger partial charge in [-0.2, -0.15) is 0 Å². The van der Waals surface area contributed by atoms with Gasteiger partial charge >= 0.3 is 0 Å². The number of hydrogen-bond acceptors (Lipinski definition) is 2. The second kappa shape index (κ2) is 4.41. The van der Waals surface area contributed by atoms with Crippen molar-refractivity contribution in [2.45, 2.75) is 17.9 Å². The van der Waals surface area contributed by atoms with E-state index in [4.69, 9.17) is 0 Å². The fourth-order valence-corrected chi connectivity index (χ4v) is 4.51. The van der Waals surface area contributed by atoms with Crippen LogP contribution in [0.4, 0.5) is 4.39 Å². The molecular weight excluding hydrogens is 303 g/mol. The number of benzene rings is 2. The van der Waals surface area contributed by atoms with E-state index in [-0.39, 0.29) is 11.9 Å². The van der Waals surface area contributed by atoms with Crippen LogP contribution < -0.4 is 4.72 Å². The van der Waals surface area contributed by atoms with Crippen LogP contribution in [0, 0.1) is 5.82 Å². The summed E-state index contributed by atoms with van der Waals surface area (Å²) >= 11 is 0. The first-order chi connectivity index (χ1) is 10.5. The molecule has 1 atom stereocenters. The van der Waals surface area contributed by atoms with Gasteiger partial charge in [0.25, 0.3) is 0 Å². The molecule has 0 unspecified atom stereocenters. The van der Waals surface area contributed by atoms with Crippen molar-refractivity contribution in [3.05, 3.63) is 54.0 Å². The standard InChI is InChI=1S/C16H13FN2O2S/c1-9-13-6-10(2-5-16(13)22(20,21)19-9)14-8-18-15-7-11(17)3-4-12(14)15/h2-9,18-19H,1H3/t9-/m0/s1. The minimum Gasteiger partial charge on any atom is -0.360 e. The Bertz CT molecular complexity index is 1010. The summed E-state index contributed by atoms with van der Waals surface area (Å²) in [6.07, 6.45) is 1.81. The van der Waals surface area contributed by atoms with E-state index in [2.05, 4.69) is 9.71 Å². The van der Waals surface area contributed by atoms with Gasteiger partial charge in [0.1, 0.15) is 5.82 Å². The highest BCUT2D eigenvalue weighted by Crippen LogP contribution is 2.36. The van der Waals surface area contributed by atoms with E-state index in [0.717, 1.165) is 22.1 Å². The average Bonchev–Trinajstić information content (AvgIpc) is 2.97. The van der Waals surface area contributed by atoms with Crippen LogP contribution in [-0.2, 0) is 10.0 Å². The fraction of sp³-hybridized carbons (Fsp3) is 0.125. The smallest absolute Gasteiger partial charge is 0.241 e. The molecule has 0 saturated heterocycles. The molecular formula is C16H13FN2O2S. The van der Waals surface area contributed by atoms with Crippen LogP contribution >= 0.6 is 0 Å². The second-order valence-electron chi connectivity index (χ2n) is 5.49. The van der Waals surface area contributed by atoms with Gasteiger partial charge in [0, 0.05) is 28.7 Å². The molecule has 112 valence electrons. The quantitative estimate of drug-likeness (QED) is 0.723. The predicted molar refractivity (Wildman–Crippen MR) is 82.4 cm³/mol. The number of hydrogen-bond donors (Lipinski definition) is 2. The maximum atomic E-state index is 13.3. The van der Waals surface area contributed by atoms with Gasteiger partial charge in [0.2, 0.25) is 10.0 Å². The van der Waals surface area contributed by atoms with Gasteiger partial charge in [0.05, 0.1) is 4.90 Å². The summed E-state index contributed by atoms with van der Waals surface area (Å²) in [4.78, 5) is 3.38. The Hall–Kier alpha value is -2.18. The van der Waals surface area contributed by atoms with Gasteiger partial charge in [-0.05, 0) is 48.4 Å².